The van der Waals surface area contributed by atoms with Gasteiger partial charge in [0.05, 0.1) is 55.8 Å². The second-order valence-electron chi connectivity index (χ2n) is 12.9. The maximum atomic E-state index is 11.4. The largest absolute Gasteiger partial charge is 0.396 e. The molecule has 4 rings (SSSR count). The average Bonchev–Trinajstić information content (AvgIpc) is 3.34. The Kier molecular flexibility index (Phi) is 14.1. The molecule has 17 N–H and O–H groups in total. The summed E-state index contributed by atoms with van der Waals surface area (Å²) >= 11 is 0. The Morgan fingerprint density at radius 3 is 1.96 bits per heavy atom. The third-order valence-corrected chi connectivity index (χ3v) is 9.75. The van der Waals surface area contributed by atoms with Crippen LogP contribution in [0.4, 0.5) is 0 Å². The number of hydrogen-bond acceptors (Lipinski definition) is 18. The van der Waals surface area contributed by atoms with Gasteiger partial charge in [0.1, 0.15) is 30.5 Å². The van der Waals surface area contributed by atoms with Crippen LogP contribution in [0.3, 0.4) is 0 Å². The van der Waals surface area contributed by atoms with Gasteiger partial charge in [0.25, 0.3) is 0 Å². The molecule has 0 bridgehead atoms. The summed E-state index contributed by atoms with van der Waals surface area (Å²) in [6.45, 7) is 0.799. The lowest BCUT2D eigenvalue weighted by Crippen LogP contribution is -2.67. The van der Waals surface area contributed by atoms with Crippen molar-refractivity contribution in [2.45, 2.75) is 130 Å². The van der Waals surface area contributed by atoms with Crippen LogP contribution in [0.1, 0.15) is 26.2 Å². The number of carbonyl (C=O) groups is 1. The average molecular weight is 683 g/mol. The normalized spacial score (nSPS) is 49.1. The Morgan fingerprint density at radius 1 is 0.723 bits per heavy atom. The number of hydrogen-bond donors (Lipinski definition) is 12. The number of ether oxygens (including phenoxy) is 6. The Hall–Kier alpha value is -1.21. The monoisotopic (exact) mass is 682 g/mol. The third kappa shape index (κ3) is 8.24. The highest BCUT2D eigenvalue weighted by Crippen LogP contribution is 2.36. The first kappa shape index (κ1) is 38.6. The van der Waals surface area contributed by atoms with Crippen LogP contribution in [-0.4, -0.2) is 167 Å². The Morgan fingerprint density at radius 2 is 1.34 bits per heavy atom. The van der Waals surface area contributed by atoms with Gasteiger partial charge in [0.15, 0.2) is 18.9 Å². The first-order valence-corrected chi connectivity index (χ1v) is 16.2. The van der Waals surface area contributed by atoms with Crippen LogP contribution in [0.15, 0.2) is 0 Å². The zero-order valence-corrected chi connectivity index (χ0v) is 26.4. The molecule has 0 aromatic heterocycles. The summed E-state index contributed by atoms with van der Waals surface area (Å²) in [5.74, 6) is -1.28. The molecule has 19 atom stereocenters. The molecular formula is C28H54N6O13. The van der Waals surface area contributed by atoms with E-state index in [4.69, 9.17) is 57.1 Å². The van der Waals surface area contributed by atoms with Crippen LogP contribution < -0.4 is 34.0 Å². The minimum atomic E-state index is -1.56. The van der Waals surface area contributed by atoms with Crippen LogP contribution in [0.25, 0.3) is 0 Å². The Labute approximate surface area is 272 Å². The summed E-state index contributed by atoms with van der Waals surface area (Å²) < 4.78 is 36.0. The molecule has 3 aliphatic heterocycles. The fourth-order valence-corrected chi connectivity index (χ4v) is 7.00. The van der Waals surface area contributed by atoms with E-state index in [1.807, 2.05) is 6.92 Å². The minimum absolute atomic E-state index is 0.110. The van der Waals surface area contributed by atoms with Crippen LogP contribution in [0, 0.1) is 11.8 Å². The van der Waals surface area contributed by atoms with E-state index < -0.39 is 129 Å². The highest BCUT2D eigenvalue weighted by Gasteiger charge is 2.54. The fourth-order valence-electron chi connectivity index (χ4n) is 7.00. The molecule has 47 heavy (non-hydrogen) atoms. The number of rotatable bonds is 14. The lowest BCUT2D eigenvalue weighted by Gasteiger charge is -2.48. The van der Waals surface area contributed by atoms with Gasteiger partial charge in [-0.2, -0.15) is 0 Å². The quantitative estimate of drug-likeness (QED) is 0.0757. The van der Waals surface area contributed by atoms with E-state index in [2.05, 4.69) is 5.32 Å². The number of amides is 1. The molecule has 4 aliphatic rings. The van der Waals surface area contributed by atoms with Crippen molar-refractivity contribution in [1.29, 1.82) is 0 Å². The fraction of sp³-hybridized carbons (Fsp3) is 0.964. The van der Waals surface area contributed by atoms with Crippen LogP contribution in [0.2, 0.25) is 0 Å². The molecule has 1 aliphatic carbocycles. The number of aliphatic hydroxyl groups excluding tert-OH is 6. The summed E-state index contributed by atoms with van der Waals surface area (Å²) in [5.41, 5.74) is 30.9. The first-order chi connectivity index (χ1) is 22.4. The van der Waals surface area contributed by atoms with E-state index in [0.717, 1.165) is 6.42 Å². The highest BCUT2D eigenvalue weighted by molar-refractivity contribution is 5.45. The maximum Gasteiger partial charge on any atom is 0.207 e. The molecule has 0 aromatic rings. The smallest absolute Gasteiger partial charge is 0.207 e. The molecule has 4 fully saturated rings. The molecule has 0 spiro atoms. The van der Waals surface area contributed by atoms with Crippen molar-refractivity contribution in [2.75, 3.05) is 26.3 Å². The van der Waals surface area contributed by atoms with Gasteiger partial charge < -0.3 is 93.0 Å². The van der Waals surface area contributed by atoms with E-state index in [9.17, 15) is 35.4 Å². The number of carbonyl (C=O) groups excluding carboxylic acids is 1. The predicted octanol–water partition coefficient (Wildman–Crippen LogP) is -6.81. The van der Waals surface area contributed by atoms with Crippen molar-refractivity contribution in [3.8, 4) is 0 Å². The van der Waals surface area contributed by atoms with Gasteiger partial charge in [-0.3, -0.25) is 4.79 Å². The van der Waals surface area contributed by atoms with Crippen LogP contribution in [0.5, 0.6) is 0 Å². The molecule has 3 saturated heterocycles. The highest BCUT2D eigenvalue weighted by atomic mass is 16.8. The molecule has 3 heterocycles. The van der Waals surface area contributed by atoms with Gasteiger partial charge in [-0.05, 0) is 12.8 Å². The van der Waals surface area contributed by atoms with Crippen molar-refractivity contribution in [3.63, 3.8) is 0 Å². The van der Waals surface area contributed by atoms with Crippen molar-refractivity contribution in [2.24, 2.45) is 40.5 Å². The van der Waals surface area contributed by atoms with Gasteiger partial charge in [-0.1, -0.05) is 13.3 Å². The molecule has 19 heteroatoms. The Bertz CT molecular complexity index is 978. The molecule has 274 valence electrons. The SMILES string of the molecule is CCC[C@@H]1C(CO)O[C@H](O[C@@H]2C(N)C[C@@H](N)C(O)C2O[C@@H]2O[C@H](CNC=O)[C@H](O[C@H]3OC(CN)[C@@H](O)C(CO)C3N)[C@@H]2O)C(N)C1O. The summed E-state index contributed by atoms with van der Waals surface area (Å²) in [4.78, 5) is 11.1. The van der Waals surface area contributed by atoms with E-state index in [-0.39, 0.29) is 19.5 Å². The molecule has 0 radical (unpaired) electrons. The zero-order chi connectivity index (χ0) is 34.6. The molecule has 0 aromatic carbocycles. The molecule has 9 unspecified atom stereocenters. The number of aliphatic hydroxyl groups is 6. The van der Waals surface area contributed by atoms with Gasteiger partial charge in [-0.25, -0.2) is 0 Å². The summed E-state index contributed by atoms with van der Waals surface area (Å²) in [7, 11) is 0. The number of nitrogens with two attached hydrogens (primary N) is 5. The zero-order valence-electron chi connectivity index (χ0n) is 26.4. The van der Waals surface area contributed by atoms with Crippen molar-refractivity contribution in [3.05, 3.63) is 0 Å². The van der Waals surface area contributed by atoms with Gasteiger partial charge in [0.2, 0.25) is 6.41 Å². The van der Waals surface area contributed by atoms with E-state index >= 15 is 0 Å². The summed E-state index contributed by atoms with van der Waals surface area (Å²) in [6.07, 6.45) is -13.8. The van der Waals surface area contributed by atoms with Gasteiger partial charge in [0, 0.05) is 37.0 Å². The minimum Gasteiger partial charge on any atom is -0.396 e. The van der Waals surface area contributed by atoms with Crippen LogP contribution in [-0.2, 0) is 33.2 Å². The van der Waals surface area contributed by atoms with E-state index in [1.165, 1.54) is 0 Å². The molecule has 19 nitrogen and oxygen atoms in total. The lowest BCUT2D eigenvalue weighted by molar-refractivity contribution is -0.305. The van der Waals surface area contributed by atoms with Crippen LogP contribution >= 0.6 is 0 Å². The second-order valence-corrected chi connectivity index (χ2v) is 12.9. The summed E-state index contributed by atoms with van der Waals surface area (Å²) in [6, 6.07) is -3.75. The molecule has 1 saturated carbocycles. The maximum absolute atomic E-state index is 11.4. The lowest BCUT2D eigenvalue weighted by atomic mass is 9.83. The number of nitrogens with one attached hydrogen (secondary N) is 1. The van der Waals surface area contributed by atoms with E-state index in [0.29, 0.717) is 12.8 Å². The molecular weight excluding hydrogens is 628 g/mol. The van der Waals surface area contributed by atoms with Gasteiger partial charge in [-0.15, -0.1) is 0 Å². The third-order valence-electron chi connectivity index (χ3n) is 9.75. The standard InChI is InChI=1S/C28H54N6O13/c1-2-3-10-16(8-36)44-27(18(33)20(10)39)45-23-13(31)4-12(30)21(40)25(23)47-28-22(41)24(15(43-28)6-34-9-37)46-26-17(32)11(7-35)19(38)14(5-29)42-26/h9-28,35-36,38-41H,2-8,29-33H2,1H3,(H,34,37)/t10-,11?,12-,13?,14?,15-,16?,17?,18?,19+,20?,21?,22+,23-,24+,25?,26-,27-,28+/m1/s1. The summed E-state index contributed by atoms with van der Waals surface area (Å²) in [5, 5.41) is 66.3. The predicted molar refractivity (Wildman–Crippen MR) is 160 cm³/mol. The van der Waals surface area contributed by atoms with Crippen molar-refractivity contribution >= 4 is 6.41 Å². The second kappa shape index (κ2) is 17.1. The Balaban J connectivity index is 1.53. The first-order valence-electron chi connectivity index (χ1n) is 16.2. The van der Waals surface area contributed by atoms with E-state index in [1.54, 1.807) is 0 Å². The van der Waals surface area contributed by atoms with Gasteiger partial charge >= 0.3 is 0 Å². The van der Waals surface area contributed by atoms with Crippen molar-refractivity contribution in [1.82, 2.24) is 5.32 Å². The van der Waals surface area contributed by atoms with Crippen molar-refractivity contribution < 1.29 is 63.9 Å². The topological polar surface area (TPSA) is 336 Å². The molecule has 1 amide bonds.